The van der Waals surface area contributed by atoms with E-state index in [9.17, 15) is 8.42 Å². The molecule has 0 radical (unpaired) electrons. The molecule has 0 aliphatic rings. The largest absolute Gasteiger partial charge is 0.480 e. The quantitative estimate of drug-likeness (QED) is 0.711. The van der Waals surface area contributed by atoms with Gasteiger partial charge in [-0.3, -0.25) is 4.57 Å². The van der Waals surface area contributed by atoms with Crippen molar-refractivity contribution in [3.05, 3.63) is 59.8 Å². The van der Waals surface area contributed by atoms with E-state index >= 15 is 0 Å². The lowest BCUT2D eigenvalue weighted by Crippen LogP contribution is -1.98. The molecule has 0 bridgehead atoms. The van der Waals surface area contributed by atoms with Crippen LogP contribution in [0.5, 0.6) is 5.88 Å². The van der Waals surface area contributed by atoms with E-state index in [1.165, 1.54) is 6.26 Å². The molecule has 0 amide bonds. The summed E-state index contributed by atoms with van der Waals surface area (Å²) in [6, 6.07) is 13.9. The van der Waals surface area contributed by atoms with Crippen LogP contribution in [0.1, 0.15) is 0 Å². The summed E-state index contributed by atoms with van der Waals surface area (Å²) in [5, 5.41) is 0.643. The normalized spacial score (nSPS) is 11.5. The van der Waals surface area contributed by atoms with Gasteiger partial charge in [0.2, 0.25) is 5.88 Å². The van der Waals surface area contributed by atoms with Gasteiger partial charge in [0.15, 0.2) is 9.84 Å². The van der Waals surface area contributed by atoms with Gasteiger partial charge in [0, 0.05) is 22.5 Å². The van der Waals surface area contributed by atoms with E-state index in [1.54, 1.807) is 49.7 Å². The van der Waals surface area contributed by atoms with Gasteiger partial charge < -0.3 is 4.74 Å². The first-order valence-electron chi connectivity index (χ1n) is 7.08. The average Bonchev–Trinajstić information content (AvgIpc) is 2.99. The maximum absolute atomic E-state index is 11.6. The van der Waals surface area contributed by atoms with Crippen LogP contribution in [0.15, 0.2) is 59.6 Å². The Balaban J connectivity index is 2.10. The molecule has 0 saturated heterocycles. The summed E-state index contributed by atoms with van der Waals surface area (Å²) in [4.78, 5) is 4.71. The number of imidazole rings is 1. The number of nitrogens with zero attached hydrogens (tertiary/aromatic N) is 2. The minimum atomic E-state index is -3.23. The number of hydrogen-bond acceptors (Lipinski definition) is 4. The number of methoxy groups -OCH3 is 1. The first-order chi connectivity index (χ1) is 11.4. The Kier molecular flexibility index (Phi) is 4.34. The minimum absolute atomic E-state index is 0.266. The fourth-order valence-electron chi connectivity index (χ4n) is 2.31. The van der Waals surface area contributed by atoms with Crippen LogP contribution in [0.25, 0.3) is 17.1 Å². The second-order valence-corrected chi connectivity index (χ2v) is 7.70. The number of aromatic nitrogens is 2. The first kappa shape index (κ1) is 16.5. The lowest BCUT2D eigenvalue weighted by molar-refractivity contribution is 0.400. The molecule has 0 N–H and O–H groups in total. The molecule has 7 heteroatoms. The predicted octanol–water partition coefficient (Wildman–Crippen LogP) is 3.60. The molecule has 0 aliphatic heterocycles. The molecule has 3 rings (SSSR count). The summed E-state index contributed by atoms with van der Waals surface area (Å²) in [7, 11) is -1.69. The number of hydrogen-bond donors (Lipinski definition) is 0. The van der Waals surface area contributed by atoms with Gasteiger partial charge in [-0.15, -0.1) is 0 Å². The van der Waals surface area contributed by atoms with E-state index in [0.29, 0.717) is 16.7 Å². The Bertz CT molecular complexity index is 962. The lowest BCUT2D eigenvalue weighted by atomic mass is 10.2. The maximum Gasteiger partial charge on any atom is 0.232 e. The minimum Gasteiger partial charge on any atom is -0.480 e. The maximum atomic E-state index is 11.6. The van der Waals surface area contributed by atoms with E-state index in [0.717, 1.165) is 11.3 Å². The van der Waals surface area contributed by atoms with Crippen LogP contribution in [-0.2, 0) is 9.84 Å². The van der Waals surface area contributed by atoms with Crippen LogP contribution in [-0.4, -0.2) is 31.3 Å². The molecular formula is C17H15ClN2O3S. The standard InChI is InChI=1S/C17H15ClN2O3S/c1-23-16-11-20(14-7-5-13(18)6-8-14)17(19-16)12-3-9-15(10-4-12)24(2,21)22/h3-11H,1-2H3. The van der Waals surface area contributed by atoms with Crippen LogP contribution in [0.2, 0.25) is 5.02 Å². The predicted molar refractivity (Wildman–Crippen MR) is 93.7 cm³/mol. The molecule has 0 saturated carbocycles. The van der Waals surface area contributed by atoms with Crippen molar-refractivity contribution >= 4 is 21.4 Å². The smallest absolute Gasteiger partial charge is 0.232 e. The van der Waals surface area contributed by atoms with E-state index in [2.05, 4.69) is 4.98 Å². The summed E-state index contributed by atoms with van der Waals surface area (Å²) in [5.74, 6) is 1.11. The number of halogens is 1. The van der Waals surface area contributed by atoms with Crippen LogP contribution in [0, 0.1) is 0 Å². The second-order valence-electron chi connectivity index (χ2n) is 5.25. The van der Waals surface area contributed by atoms with Crippen molar-refractivity contribution in [1.82, 2.24) is 9.55 Å². The van der Waals surface area contributed by atoms with Crippen molar-refractivity contribution in [3.8, 4) is 23.0 Å². The summed E-state index contributed by atoms with van der Waals surface area (Å²) in [6.07, 6.45) is 2.95. The Morgan fingerprint density at radius 3 is 2.21 bits per heavy atom. The highest BCUT2D eigenvalue weighted by Crippen LogP contribution is 2.27. The van der Waals surface area contributed by atoms with Gasteiger partial charge in [0.1, 0.15) is 5.82 Å². The van der Waals surface area contributed by atoms with Crippen LogP contribution in [0.3, 0.4) is 0 Å². The molecule has 1 aromatic heterocycles. The van der Waals surface area contributed by atoms with Gasteiger partial charge >= 0.3 is 0 Å². The lowest BCUT2D eigenvalue weighted by Gasteiger charge is -2.08. The summed E-state index contributed by atoms with van der Waals surface area (Å²) >= 11 is 5.94. The van der Waals surface area contributed by atoms with E-state index in [1.807, 2.05) is 16.7 Å². The highest BCUT2D eigenvalue weighted by atomic mass is 35.5. The number of rotatable bonds is 4. The Hall–Kier alpha value is -2.31. The van der Waals surface area contributed by atoms with Crippen LogP contribution in [0.4, 0.5) is 0 Å². The van der Waals surface area contributed by atoms with Crippen molar-refractivity contribution in [1.29, 1.82) is 0 Å². The molecule has 0 fully saturated rings. The average molecular weight is 363 g/mol. The molecule has 0 atom stereocenters. The molecule has 124 valence electrons. The van der Waals surface area contributed by atoms with E-state index < -0.39 is 9.84 Å². The fraction of sp³-hybridized carbons (Fsp3) is 0.118. The van der Waals surface area contributed by atoms with Crippen LogP contribution >= 0.6 is 11.6 Å². The third-order valence-electron chi connectivity index (χ3n) is 3.54. The molecule has 2 aromatic carbocycles. The molecule has 5 nitrogen and oxygen atoms in total. The topological polar surface area (TPSA) is 61.2 Å². The number of benzene rings is 2. The first-order valence-corrected chi connectivity index (χ1v) is 9.35. The van der Waals surface area contributed by atoms with Crippen molar-refractivity contribution in [3.63, 3.8) is 0 Å². The monoisotopic (exact) mass is 362 g/mol. The molecule has 0 aliphatic carbocycles. The number of ether oxygens (including phenoxy) is 1. The highest BCUT2D eigenvalue weighted by Gasteiger charge is 2.14. The van der Waals surface area contributed by atoms with Crippen molar-refractivity contribution in [2.75, 3.05) is 13.4 Å². The molecular weight excluding hydrogens is 348 g/mol. The zero-order valence-corrected chi connectivity index (χ0v) is 14.7. The van der Waals surface area contributed by atoms with Gasteiger partial charge in [-0.05, 0) is 48.5 Å². The summed E-state index contributed by atoms with van der Waals surface area (Å²) in [6.45, 7) is 0. The number of sulfone groups is 1. The molecule has 0 unspecified atom stereocenters. The molecule has 24 heavy (non-hydrogen) atoms. The second kappa shape index (κ2) is 6.30. The SMILES string of the molecule is COc1cn(-c2ccc(Cl)cc2)c(-c2ccc(S(C)(=O)=O)cc2)n1. The van der Waals surface area contributed by atoms with Gasteiger partial charge in [-0.2, -0.15) is 4.98 Å². The Morgan fingerprint density at radius 2 is 1.67 bits per heavy atom. The fourth-order valence-corrected chi connectivity index (χ4v) is 3.07. The Labute approximate surface area is 145 Å². The molecule has 1 heterocycles. The van der Waals surface area contributed by atoms with Crippen molar-refractivity contribution in [2.24, 2.45) is 0 Å². The molecule has 0 spiro atoms. The summed E-state index contributed by atoms with van der Waals surface area (Å²) < 4.78 is 30.3. The summed E-state index contributed by atoms with van der Waals surface area (Å²) in [5.41, 5.74) is 1.65. The van der Waals surface area contributed by atoms with Gasteiger partial charge in [-0.1, -0.05) is 11.6 Å². The molecule has 3 aromatic rings. The van der Waals surface area contributed by atoms with Crippen LogP contribution < -0.4 is 4.74 Å². The third kappa shape index (κ3) is 3.29. The van der Waals surface area contributed by atoms with Gasteiger partial charge in [0.05, 0.1) is 18.2 Å². The van der Waals surface area contributed by atoms with E-state index in [-0.39, 0.29) is 4.90 Å². The zero-order chi connectivity index (χ0) is 17.3. The van der Waals surface area contributed by atoms with Gasteiger partial charge in [-0.25, -0.2) is 8.42 Å². The highest BCUT2D eigenvalue weighted by molar-refractivity contribution is 7.90. The third-order valence-corrected chi connectivity index (χ3v) is 4.92. The van der Waals surface area contributed by atoms with Crippen molar-refractivity contribution < 1.29 is 13.2 Å². The van der Waals surface area contributed by atoms with Crippen molar-refractivity contribution in [2.45, 2.75) is 4.90 Å². The zero-order valence-electron chi connectivity index (χ0n) is 13.1. The van der Waals surface area contributed by atoms with Gasteiger partial charge in [0.25, 0.3) is 0 Å². The van der Waals surface area contributed by atoms with E-state index in [4.69, 9.17) is 16.3 Å². The Morgan fingerprint density at radius 1 is 1.04 bits per heavy atom.